The van der Waals surface area contributed by atoms with Crippen molar-refractivity contribution in [3.63, 3.8) is 0 Å². The van der Waals surface area contributed by atoms with Gasteiger partial charge in [0.05, 0.1) is 20.5 Å². The van der Waals surface area contributed by atoms with E-state index in [1.54, 1.807) is 11.3 Å². The molecule has 0 bridgehead atoms. The third-order valence-corrected chi connectivity index (χ3v) is 5.00. The number of hydrogen-bond donors (Lipinski definition) is 2. The molecule has 7 heteroatoms. The predicted octanol–water partition coefficient (Wildman–Crippen LogP) is 4.05. The fraction of sp³-hybridized carbons (Fsp3) is 0.333. The molecular formula is C12H13Br2N3OS. The van der Waals surface area contributed by atoms with Gasteiger partial charge in [0, 0.05) is 4.88 Å². The highest BCUT2D eigenvalue weighted by molar-refractivity contribution is 9.11. The highest BCUT2D eigenvalue weighted by Crippen LogP contribution is 2.26. The van der Waals surface area contributed by atoms with Crippen molar-refractivity contribution in [1.29, 1.82) is 0 Å². The number of nitrogens with zero attached hydrogens (tertiary/aromatic N) is 1. The monoisotopic (exact) mass is 405 g/mol. The molecule has 0 aliphatic heterocycles. The van der Waals surface area contributed by atoms with Crippen molar-refractivity contribution in [2.45, 2.75) is 26.3 Å². The summed E-state index contributed by atoms with van der Waals surface area (Å²) in [4.78, 5) is 13.1. The van der Waals surface area contributed by atoms with Crippen LogP contribution in [0.4, 0.5) is 0 Å². The number of aromatic amines is 1. The zero-order valence-corrected chi connectivity index (χ0v) is 14.4. The molecule has 0 unspecified atom stereocenters. The maximum Gasteiger partial charge on any atom is 0.273 e. The molecule has 2 N–H and O–H groups in total. The molecule has 0 atom stereocenters. The van der Waals surface area contributed by atoms with Crippen molar-refractivity contribution in [3.8, 4) is 0 Å². The molecule has 102 valence electrons. The van der Waals surface area contributed by atoms with Crippen LogP contribution in [-0.4, -0.2) is 16.1 Å². The summed E-state index contributed by atoms with van der Waals surface area (Å²) in [7, 11) is 0. The molecule has 2 heterocycles. The Morgan fingerprint density at radius 2 is 2.21 bits per heavy atom. The number of nitrogens with one attached hydrogen (secondary N) is 2. The van der Waals surface area contributed by atoms with Crippen LogP contribution in [0.15, 0.2) is 20.4 Å². The van der Waals surface area contributed by atoms with Gasteiger partial charge in [-0.3, -0.25) is 9.89 Å². The second-order valence-electron chi connectivity index (χ2n) is 4.34. The summed E-state index contributed by atoms with van der Waals surface area (Å²) < 4.78 is 1.80. The van der Waals surface area contributed by atoms with E-state index in [9.17, 15) is 4.79 Å². The van der Waals surface area contributed by atoms with E-state index in [2.05, 4.69) is 47.4 Å². The van der Waals surface area contributed by atoms with Crippen LogP contribution in [0.1, 0.15) is 40.8 Å². The Kier molecular flexibility index (Phi) is 4.81. The van der Waals surface area contributed by atoms with E-state index in [0.29, 0.717) is 12.2 Å². The number of aromatic nitrogens is 2. The Morgan fingerprint density at radius 3 is 2.74 bits per heavy atom. The highest BCUT2D eigenvalue weighted by atomic mass is 79.9. The van der Waals surface area contributed by atoms with Crippen molar-refractivity contribution >= 4 is 49.1 Å². The van der Waals surface area contributed by atoms with Gasteiger partial charge in [0.15, 0.2) is 5.69 Å². The van der Waals surface area contributed by atoms with Crippen molar-refractivity contribution in [2.24, 2.45) is 0 Å². The van der Waals surface area contributed by atoms with Crippen molar-refractivity contribution in [1.82, 2.24) is 15.5 Å². The summed E-state index contributed by atoms with van der Waals surface area (Å²) in [6.45, 7) is 4.59. The maximum atomic E-state index is 12.1. The quantitative estimate of drug-likeness (QED) is 0.804. The number of hydrogen-bond acceptors (Lipinski definition) is 3. The van der Waals surface area contributed by atoms with Crippen LogP contribution in [0.25, 0.3) is 0 Å². The largest absolute Gasteiger partial charge is 0.346 e. The Balaban J connectivity index is 2.04. The van der Waals surface area contributed by atoms with Crippen molar-refractivity contribution in [2.75, 3.05) is 0 Å². The number of amides is 1. The molecule has 0 aromatic carbocycles. The smallest absolute Gasteiger partial charge is 0.273 e. The molecule has 19 heavy (non-hydrogen) atoms. The first-order valence-electron chi connectivity index (χ1n) is 5.75. The zero-order chi connectivity index (χ0) is 14.0. The lowest BCUT2D eigenvalue weighted by atomic mass is 10.1. The average Bonchev–Trinajstić information content (AvgIpc) is 2.92. The SMILES string of the molecule is CC(C)c1[nH]nc(C(=O)NCc2ccc(Br)s2)c1Br. The maximum absolute atomic E-state index is 12.1. The standard InChI is InChI=1S/C12H13Br2N3OS/c1-6(2)10-9(14)11(17-16-10)12(18)15-5-7-3-4-8(13)19-7/h3-4,6H,5H2,1-2H3,(H,15,18)(H,16,17). The van der Waals surface area contributed by atoms with Gasteiger partial charge < -0.3 is 5.32 Å². The van der Waals surface area contributed by atoms with Gasteiger partial charge in [-0.25, -0.2) is 0 Å². The van der Waals surface area contributed by atoms with Crippen LogP contribution in [0.2, 0.25) is 0 Å². The summed E-state index contributed by atoms with van der Waals surface area (Å²) >= 11 is 8.42. The lowest BCUT2D eigenvalue weighted by Crippen LogP contribution is -2.23. The molecule has 1 amide bonds. The second-order valence-corrected chi connectivity index (χ2v) is 7.68. The number of H-pyrrole nitrogens is 1. The zero-order valence-electron chi connectivity index (χ0n) is 10.5. The first kappa shape index (κ1) is 14.7. The number of carbonyl (C=O) groups excluding carboxylic acids is 1. The van der Waals surface area contributed by atoms with Crippen LogP contribution in [0.3, 0.4) is 0 Å². The lowest BCUT2D eigenvalue weighted by Gasteiger charge is -2.03. The molecule has 2 rings (SSSR count). The van der Waals surface area contributed by atoms with Gasteiger partial charge in [-0.2, -0.15) is 5.10 Å². The van der Waals surface area contributed by atoms with E-state index in [1.807, 2.05) is 26.0 Å². The second kappa shape index (κ2) is 6.19. The number of carbonyl (C=O) groups is 1. The molecular weight excluding hydrogens is 394 g/mol. The fourth-order valence-corrected chi connectivity index (χ4v) is 3.81. The fourth-order valence-electron chi connectivity index (χ4n) is 1.57. The number of thiophene rings is 1. The third-order valence-electron chi connectivity index (χ3n) is 2.58. The van der Waals surface area contributed by atoms with E-state index in [1.165, 1.54) is 0 Å². The van der Waals surface area contributed by atoms with Crippen LogP contribution in [0.5, 0.6) is 0 Å². The topological polar surface area (TPSA) is 57.8 Å². The van der Waals surface area contributed by atoms with E-state index in [4.69, 9.17) is 0 Å². The Labute approximate surface area is 132 Å². The van der Waals surface area contributed by atoms with E-state index >= 15 is 0 Å². The van der Waals surface area contributed by atoms with Gasteiger partial charge in [-0.15, -0.1) is 11.3 Å². The van der Waals surface area contributed by atoms with E-state index < -0.39 is 0 Å². The molecule has 0 fully saturated rings. The predicted molar refractivity (Wildman–Crippen MR) is 83.6 cm³/mol. The van der Waals surface area contributed by atoms with Crippen LogP contribution >= 0.6 is 43.2 Å². The minimum absolute atomic E-state index is 0.181. The van der Waals surface area contributed by atoms with Gasteiger partial charge in [-0.05, 0) is 49.9 Å². The van der Waals surface area contributed by atoms with Crippen LogP contribution in [0, 0.1) is 0 Å². The van der Waals surface area contributed by atoms with E-state index in [0.717, 1.165) is 18.8 Å². The summed E-state index contributed by atoms with van der Waals surface area (Å²) in [5.41, 5.74) is 1.34. The normalized spacial score (nSPS) is 11.0. The Bertz CT molecular complexity index is 592. The van der Waals surface area contributed by atoms with Gasteiger partial charge in [0.1, 0.15) is 0 Å². The Hall–Kier alpha value is -0.660. The van der Waals surface area contributed by atoms with Gasteiger partial charge >= 0.3 is 0 Å². The molecule has 2 aromatic rings. The first-order valence-corrected chi connectivity index (χ1v) is 8.15. The average molecular weight is 407 g/mol. The first-order chi connectivity index (χ1) is 8.99. The summed E-state index contributed by atoms with van der Waals surface area (Å²) in [6.07, 6.45) is 0. The number of halogens is 2. The van der Waals surface area contributed by atoms with Crippen LogP contribution < -0.4 is 5.32 Å². The van der Waals surface area contributed by atoms with Crippen molar-refractivity contribution in [3.05, 3.63) is 36.7 Å². The lowest BCUT2D eigenvalue weighted by molar-refractivity contribution is 0.0945. The highest BCUT2D eigenvalue weighted by Gasteiger charge is 2.19. The van der Waals surface area contributed by atoms with Gasteiger partial charge in [0.25, 0.3) is 5.91 Å². The third kappa shape index (κ3) is 3.46. The molecule has 0 saturated heterocycles. The van der Waals surface area contributed by atoms with Crippen molar-refractivity contribution < 1.29 is 4.79 Å². The summed E-state index contributed by atoms with van der Waals surface area (Å²) in [6, 6.07) is 3.95. The summed E-state index contributed by atoms with van der Waals surface area (Å²) in [5.74, 6) is 0.108. The van der Waals surface area contributed by atoms with E-state index in [-0.39, 0.29) is 11.8 Å². The molecule has 0 saturated carbocycles. The van der Waals surface area contributed by atoms with Gasteiger partial charge in [-0.1, -0.05) is 13.8 Å². The molecule has 4 nitrogen and oxygen atoms in total. The molecule has 0 aliphatic carbocycles. The molecule has 2 aromatic heterocycles. The number of rotatable bonds is 4. The Morgan fingerprint density at radius 1 is 1.47 bits per heavy atom. The minimum Gasteiger partial charge on any atom is -0.346 e. The molecule has 0 radical (unpaired) electrons. The van der Waals surface area contributed by atoms with Crippen LogP contribution in [-0.2, 0) is 6.54 Å². The molecule has 0 spiro atoms. The minimum atomic E-state index is -0.181. The summed E-state index contributed by atoms with van der Waals surface area (Å²) in [5, 5.41) is 9.82. The molecule has 0 aliphatic rings. The van der Waals surface area contributed by atoms with Gasteiger partial charge in [0.2, 0.25) is 0 Å².